The molecule has 1 aliphatic heterocycles. The Hall–Kier alpha value is -2.41. The van der Waals surface area contributed by atoms with E-state index in [2.05, 4.69) is 17.6 Å². The van der Waals surface area contributed by atoms with Crippen molar-refractivity contribution in [2.45, 2.75) is 46.6 Å². The standard InChI is InChI=1S/C21H32N4O3/c1-13(2)19(22)20(27)23-12-18(26)24-17-6-5-16(11-15(17)4)21(28)25-9-7-14(3)8-10-25/h5-6,11,13-14,19H,7-10,12,22H2,1-4H3,(H,23,27)(H,24,26)/t19-/m0/s1. The van der Waals surface area contributed by atoms with Gasteiger partial charge in [-0.05, 0) is 55.4 Å². The molecule has 1 saturated heterocycles. The van der Waals surface area contributed by atoms with Crippen molar-refractivity contribution in [1.29, 1.82) is 0 Å². The number of piperidine rings is 1. The van der Waals surface area contributed by atoms with E-state index in [1.165, 1.54) is 0 Å². The number of hydrogen-bond acceptors (Lipinski definition) is 4. The van der Waals surface area contributed by atoms with Gasteiger partial charge in [0, 0.05) is 24.3 Å². The molecule has 1 atom stereocenters. The van der Waals surface area contributed by atoms with E-state index in [9.17, 15) is 14.4 Å². The lowest BCUT2D eigenvalue weighted by Gasteiger charge is -2.30. The fourth-order valence-electron chi connectivity index (χ4n) is 3.11. The van der Waals surface area contributed by atoms with E-state index in [4.69, 9.17) is 5.73 Å². The van der Waals surface area contributed by atoms with Gasteiger partial charge >= 0.3 is 0 Å². The van der Waals surface area contributed by atoms with Crippen molar-refractivity contribution in [1.82, 2.24) is 10.2 Å². The van der Waals surface area contributed by atoms with Crippen LogP contribution in [0, 0.1) is 18.8 Å². The van der Waals surface area contributed by atoms with Gasteiger partial charge in [0.2, 0.25) is 11.8 Å². The highest BCUT2D eigenvalue weighted by Gasteiger charge is 2.22. The summed E-state index contributed by atoms with van der Waals surface area (Å²) in [6.45, 7) is 9.18. The Balaban J connectivity index is 1.92. The Bertz CT molecular complexity index is 724. The second kappa shape index (κ2) is 9.68. The lowest BCUT2D eigenvalue weighted by molar-refractivity contribution is -0.125. The molecule has 3 amide bonds. The molecule has 0 aliphatic carbocycles. The van der Waals surface area contributed by atoms with Crippen molar-refractivity contribution in [2.75, 3.05) is 25.0 Å². The molecular formula is C21H32N4O3. The van der Waals surface area contributed by atoms with Crippen LogP contribution in [0.1, 0.15) is 49.5 Å². The minimum atomic E-state index is -0.641. The van der Waals surface area contributed by atoms with Gasteiger partial charge in [-0.15, -0.1) is 0 Å². The molecule has 28 heavy (non-hydrogen) atoms. The second-order valence-electron chi connectivity index (χ2n) is 8.04. The van der Waals surface area contributed by atoms with Crippen LogP contribution in [0.4, 0.5) is 5.69 Å². The maximum Gasteiger partial charge on any atom is 0.253 e. The summed E-state index contributed by atoms with van der Waals surface area (Å²) < 4.78 is 0. The molecule has 0 saturated carbocycles. The first-order valence-electron chi connectivity index (χ1n) is 9.92. The van der Waals surface area contributed by atoms with Gasteiger partial charge in [-0.25, -0.2) is 0 Å². The number of hydrogen-bond donors (Lipinski definition) is 3. The smallest absolute Gasteiger partial charge is 0.253 e. The summed E-state index contributed by atoms with van der Waals surface area (Å²) in [5.41, 5.74) is 7.81. The highest BCUT2D eigenvalue weighted by molar-refractivity contribution is 5.98. The molecule has 7 nitrogen and oxygen atoms in total. The van der Waals surface area contributed by atoms with Gasteiger partial charge < -0.3 is 21.3 Å². The monoisotopic (exact) mass is 388 g/mol. The summed E-state index contributed by atoms with van der Waals surface area (Å²) >= 11 is 0. The molecule has 1 aromatic rings. The van der Waals surface area contributed by atoms with Crippen LogP contribution in [0.15, 0.2) is 18.2 Å². The third-order valence-electron chi connectivity index (χ3n) is 5.26. The van der Waals surface area contributed by atoms with Crippen molar-refractivity contribution in [3.63, 3.8) is 0 Å². The molecule has 0 bridgehead atoms. The Labute approximate surface area is 167 Å². The van der Waals surface area contributed by atoms with Crippen LogP contribution in [-0.4, -0.2) is 48.3 Å². The number of carbonyl (C=O) groups excluding carboxylic acids is 3. The van der Waals surface area contributed by atoms with Crippen molar-refractivity contribution in [3.05, 3.63) is 29.3 Å². The number of carbonyl (C=O) groups is 3. The number of amides is 3. The highest BCUT2D eigenvalue weighted by Crippen LogP contribution is 2.21. The van der Waals surface area contributed by atoms with Crippen molar-refractivity contribution < 1.29 is 14.4 Å². The van der Waals surface area contributed by atoms with Gasteiger partial charge in [-0.2, -0.15) is 0 Å². The number of nitrogens with two attached hydrogens (primary N) is 1. The minimum Gasteiger partial charge on any atom is -0.346 e. The molecule has 0 radical (unpaired) electrons. The number of rotatable bonds is 6. The van der Waals surface area contributed by atoms with Crippen LogP contribution < -0.4 is 16.4 Å². The van der Waals surface area contributed by atoms with Crippen molar-refractivity contribution >= 4 is 23.4 Å². The SMILES string of the molecule is Cc1cc(C(=O)N2CCC(C)CC2)ccc1NC(=O)CNC(=O)[C@@H](N)C(C)C. The maximum absolute atomic E-state index is 12.7. The lowest BCUT2D eigenvalue weighted by Crippen LogP contribution is -2.46. The largest absolute Gasteiger partial charge is 0.346 e. The molecule has 7 heteroatoms. The summed E-state index contributed by atoms with van der Waals surface area (Å²) in [4.78, 5) is 38.5. The summed E-state index contributed by atoms with van der Waals surface area (Å²) in [6, 6.07) is 4.62. The first-order valence-corrected chi connectivity index (χ1v) is 9.92. The van der Waals surface area contributed by atoms with Gasteiger partial charge in [0.1, 0.15) is 0 Å². The molecule has 1 fully saturated rings. The van der Waals surface area contributed by atoms with Crippen molar-refractivity contribution in [3.8, 4) is 0 Å². The summed E-state index contributed by atoms with van der Waals surface area (Å²) in [5, 5.41) is 5.31. The fraction of sp³-hybridized carbons (Fsp3) is 0.571. The molecule has 1 aliphatic rings. The number of likely N-dealkylation sites (tertiary alicyclic amines) is 1. The zero-order valence-corrected chi connectivity index (χ0v) is 17.2. The number of aryl methyl sites for hydroxylation is 1. The van der Waals surface area contributed by atoms with E-state index >= 15 is 0 Å². The molecule has 4 N–H and O–H groups in total. The lowest BCUT2D eigenvalue weighted by atomic mass is 9.98. The zero-order chi connectivity index (χ0) is 20.8. The summed E-state index contributed by atoms with van der Waals surface area (Å²) in [5.74, 6) is 0.00966. The van der Waals surface area contributed by atoms with Gasteiger partial charge in [0.25, 0.3) is 5.91 Å². The van der Waals surface area contributed by atoms with Crippen LogP contribution in [0.25, 0.3) is 0 Å². The average molecular weight is 389 g/mol. The molecule has 2 rings (SSSR count). The Morgan fingerprint density at radius 2 is 1.86 bits per heavy atom. The van der Waals surface area contributed by atoms with Gasteiger partial charge in [0.15, 0.2) is 0 Å². The number of anilines is 1. The number of nitrogens with one attached hydrogen (secondary N) is 2. The second-order valence-corrected chi connectivity index (χ2v) is 8.04. The van der Waals surface area contributed by atoms with Gasteiger partial charge in [-0.3, -0.25) is 14.4 Å². The minimum absolute atomic E-state index is 0.00139. The molecule has 0 spiro atoms. The molecule has 154 valence electrons. The number of benzene rings is 1. The summed E-state index contributed by atoms with van der Waals surface area (Å²) in [7, 11) is 0. The Kier molecular flexibility index (Phi) is 7.57. The van der Waals surface area contributed by atoms with Crippen molar-refractivity contribution in [2.24, 2.45) is 17.6 Å². The highest BCUT2D eigenvalue weighted by atomic mass is 16.2. The fourth-order valence-corrected chi connectivity index (χ4v) is 3.11. The quantitative estimate of drug-likeness (QED) is 0.692. The van der Waals surface area contributed by atoms with E-state index in [0.717, 1.165) is 31.5 Å². The van der Waals surface area contributed by atoms with E-state index in [-0.39, 0.29) is 30.2 Å². The molecule has 0 unspecified atom stereocenters. The van der Waals surface area contributed by atoms with Gasteiger partial charge in [0.05, 0.1) is 12.6 Å². The molecule has 1 aromatic carbocycles. The van der Waals surface area contributed by atoms with Crippen LogP contribution in [-0.2, 0) is 9.59 Å². The van der Waals surface area contributed by atoms with E-state index in [1.54, 1.807) is 18.2 Å². The van der Waals surface area contributed by atoms with E-state index < -0.39 is 6.04 Å². The zero-order valence-electron chi connectivity index (χ0n) is 17.2. The number of nitrogens with zero attached hydrogens (tertiary/aromatic N) is 1. The maximum atomic E-state index is 12.7. The molecule has 1 heterocycles. The topological polar surface area (TPSA) is 105 Å². The predicted molar refractivity (Wildman–Crippen MR) is 110 cm³/mol. The molecule has 0 aromatic heterocycles. The van der Waals surface area contributed by atoms with E-state index in [0.29, 0.717) is 17.2 Å². The predicted octanol–water partition coefficient (Wildman–Crippen LogP) is 1.91. The van der Waals surface area contributed by atoms with Crippen LogP contribution in [0.5, 0.6) is 0 Å². The third kappa shape index (κ3) is 5.79. The summed E-state index contributed by atoms with van der Waals surface area (Å²) in [6.07, 6.45) is 2.07. The normalized spacial score (nSPS) is 16.0. The van der Waals surface area contributed by atoms with Crippen LogP contribution in [0.2, 0.25) is 0 Å². The third-order valence-corrected chi connectivity index (χ3v) is 5.26. The van der Waals surface area contributed by atoms with Crippen LogP contribution >= 0.6 is 0 Å². The van der Waals surface area contributed by atoms with Crippen LogP contribution in [0.3, 0.4) is 0 Å². The van der Waals surface area contributed by atoms with E-state index in [1.807, 2.05) is 25.7 Å². The molecular weight excluding hydrogens is 356 g/mol. The Morgan fingerprint density at radius 1 is 1.21 bits per heavy atom. The Morgan fingerprint density at radius 3 is 2.43 bits per heavy atom. The first-order chi connectivity index (χ1) is 13.2. The average Bonchev–Trinajstić information content (AvgIpc) is 2.67. The van der Waals surface area contributed by atoms with Gasteiger partial charge in [-0.1, -0.05) is 20.8 Å². The first kappa shape index (κ1) is 21.9.